The van der Waals surface area contributed by atoms with Crippen molar-refractivity contribution in [3.05, 3.63) is 54.4 Å². The summed E-state index contributed by atoms with van der Waals surface area (Å²) in [7, 11) is 0. The lowest BCUT2D eigenvalue weighted by atomic mass is 10.0. The Labute approximate surface area is 110 Å². The number of carboxylic acid groups (broad SMARTS) is 1. The fourth-order valence-corrected chi connectivity index (χ4v) is 1.87. The number of benzene rings is 1. The number of carbonyl (C=O) groups excluding carboxylic acids is 1. The van der Waals surface area contributed by atoms with Gasteiger partial charge in [0.15, 0.2) is 18.2 Å². The van der Waals surface area contributed by atoms with Crippen molar-refractivity contribution in [3.63, 3.8) is 0 Å². The van der Waals surface area contributed by atoms with E-state index in [-0.39, 0.29) is 12.3 Å². The third-order valence-corrected chi connectivity index (χ3v) is 2.75. The summed E-state index contributed by atoms with van der Waals surface area (Å²) in [6.45, 7) is 1.30. The normalized spacial score (nSPS) is 10.2. The number of carboxylic acids is 1. The molecule has 0 amide bonds. The second-order valence-electron chi connectivity index (χ2n) is 4.30. The lowest BCUT2D eigenvalue weighted by Gasteiger charge is -2.03. The minimum absolute atomic E-state index is 0.0862. The van der Waals surface area contributed by atoms with Gasteiger partial charge in [-0.2, -0.15) is 4.57 Å². The van der Waals surface area contributed by atoms with Crippen LogP contribution >= 0.6 is 0 Å². The second-order valence-corrected chi connectivity index (χ2v) is 4.30. The van der Waals surface area contributed by atoms with Crippen LogP contribution in [0.15, 0.2) is 48.8 Å². The summed E-state index contributed by atoms with van der Waals surface area (Å²) in [5, 5.41) is 8.85. The largest absolute Gasteiger partial charge is 0.477 e. The molecule has 96 valence electrons. The van der Waals surface area contributed by atoms with Gasteiger partial charge in [-0.05, 0) is 18.6 Å². The number of rotatable bonds is 4. The number of Topliss-reactive ketones (excluding diaryl/α,β-unsaturated/α-hetero) is 1. The van der Waals surface area contributed by atoms with Crippen molar-refractivity contribution in [2.75, 3.05) is 0 Å². The predicted molar refractivity (Wildman–Crippen MR) is 69.7 cm³/mol. The number of aromatic nitrogens is 1. The van der Waals surface area contributed by atoms with Gasteiger partial charge in [0, 0.05) is 5.56 Å². The molecular weight excluding hydrogens is 242 g/mol. The Hall–Kier alpha value is -2.49. The molecule has 1 aromatic heterocycles. The molecule has 4 heteroatoms. The van der Waals surface area contributed by atoms with Crippen LogP contribution in [0.5, 0.6) is 0 Å². The highest BCUT2D eigenvalue weighted by atomic mass is 16.4. The molecule has 4 nitrogen and oxygen atoms in total. The Balaban J connectivity index is 2.51. The summed E-state index contributed by atoms with van der Waals surface area (Å²) in [5.74, 6) is -1.03. The number of hydrogen-bond acceptors (Lipinski definition) is 2. The monoisotopic (exact) mass is 256 g/mol. The molecule has 0 aliphatic rings. The first-order chi connectivity index (χ1) is 9.06. The molecule has 2 aromatic rings. The van der Waals surface area contributed by atoms with E-state index in [1.54, 1.807) is 18.5 Å². The minimum atomic E-state index is -0.940. The third kappa shape index (κ3) is 3.25. The van der Waals surface area contributed by atoms with Crippen LogP contribution in [0, 0.1) is 0 Å². The van der Waals surface area contributed by atoms with E-state index >= 15 is 0 Å². The van der Waals surface area contributed by atoms with Gasteiger partial charge in [0.1, 0.15) is 0 Å². The van der Waals surface area contributed by atoms with Crippen molar-refractivity contribution in [1.29, 1.82) is 0 Å². The molecule has 0 aliphatic heterocycles. The highest BCUT2D eigenvalue weighted by molar-refractivity contribution is 5.94. The topological polar surface area (TPSA) is 58.2 Å². The van der Waals surface area contributed by atoms with E-state index in [2.05, 4.69) is 0 Å². The number of pyridine rings is 1. The van der Waals surface area contributed by atoms with E-state index in [1.165, 1.54) is 11.5 Å². The van der Waals surface area contributed by atoms with Gasteiger partial charge in [-0.25, -0.2) is 4.79 Å². The highest BCUT2D eigenvalue weighted by Gasteiger charge is 2.14. The van der Waals surface area contributed by atoms with Gasteiger partial charge in [-0.3, -0.25) is 4.79 Å². The molecule has 0 radical (unpaired) electrons. The first-order valence-electron chi connectivity index (χ1n) is 5.88. The van der Waals surface area contributed by atoms with Crippen LogP contribution in [0.4, 0.5) is 0 Å². The fraction of sp³-hybridized carbons (Fsp3) is 0.133. The molecule has 0 spiro atoms. The molecule has 19 heavy (non-hydrogen) atoms. The minimum Gasteiger partial charge on any atom is -0.477 e. The molecule has 0 aliphatic carbocycles. The third-order valence-electron chi connectivity index (χ3n) is 2.75. The molecule has 0 saturated carbocycles. The van der Waals surface area contributed by atoms with Gasteiger partial charge in [-0.15, -0.1) is 0 Å². The summed E-state index contributed by atoms with van der Waals surface area (Å²) >= 11 is 0. The van der Waals surface area contributed by atoms with Gasteiger partial charge >= 0.3 is 5.97 Å². The first kappa shape index (κ1) is 13.0. The molecular formula is C15H14NO3+. The van der Waals surface area contributed by atoms with Gasteiger partial charge < -0.3 is 5.11 Å². The van der Waals surface area contributed by atoms with Crippen LogP contribution in [-0.4, -0.2) is 16.9 Å². The first-order valence-corrected chi connectivity index (χ1v) is 5.88. The Morgan fingerprint density at radius 3 is 2.37 bits per heavy atom. The molecule has 0 saturated heterocycles. The summed E-state index contributed by atoms with van der Waals surface area (Å²) in [4.78, 5) is 22.3. The Morgan fingerprint density at radius 1 is 1.11 bits per heavy atom. The number of hydrogen-bond donors (Lipinski definition) is 1. The van der Waals surface area contributed by atoms with Gasteiger partial charge in [0.05, 0.1) is 5.56 Å². The lowest BCUT2D eigenvalue weighted by Crippen LogP contribution is -2.38. The Bertz CT molecular complexity index is 621. The number of nitrogens with zero attached hydrogens (tertiary/aromatic N) is 1. The lowest BCUT2D eigenvalue weighted by molar-refractivity contribution is -0.685. The summed E-state index contributed by atoms with van der Waals surface area (Å²) in [5.41, 5.74) is 2.28. The molecule has 1 N–H and O–H groups in total. The van der Waals surface area contributed by atoms with Crippen LogP contribution < -0.4 is 4.57 Å². The van der Waals surface area contributed by atoms with Crippen molar-refractivity contribution >= 4 is 11.8 Å². The number of ketones is 1. The average molecular weight is 256 g/mol. The van der Waals surface area contributed by atoms with E-state index in [0.717, 1.165) is 11.1 Å². The summed E-state index contributed by atoms with van der Waals surface area (Å²) < 4.78 is 1.52. The van der Waals surface area contributed by atoms with Crippen LogP contribution in [0.1, 0.15) is 17.3 Å². The average Bonchev–Trinajstić information content (AvgIpc) is 2.38. The fourth-order valence-electron chi connectivity index (χ4n) is 1.87. The maximum atomic E-state index is 11.5. The molecule has 2 rings (SSSR count). The second kappa shape index (κ2) is 5.44. The maximum Gasteiger partial charge on any atom is 0.370 e. The van der Waals surface area contributed by atoms with Gasteiger partial charge in [0.2, 0.25) is 6.54 Å². The van der Waals surface area contributed by atoms with Crippen molar-refractivity contribution in [2.24, 2.45) is 0 Å². The Kier molecular flexibility index (Phi) is 3.71. The molecule has 0 fully saturated rings. The quantitative estimate of drug-likeness (QED) is 0.671. The predicted octanol–water partition coefficient (Wildman–Crippen LogP) is 1.93. The molecule has 0 unspecified atom stereocenters. The summed E-state index contributed by atoms with van der Waals surface area (Å²) in [6, 6.07) is 11.3. The van der Waals surface area contributed by atoms with E-state index < -0.39 is 5.97 Å². The number of carbonyl (C=O) groups is 2. The van der Waals surface area contributed by atoms with Crippen LogP contribution in [0.2, 0.25) is 0 Å². The zero-order chi connectivity index (χ0) is 13.8. The molecule has 0 atom stereocenters. The van der Waals surface area contributed by atoms with Crippen molar-refractivity contribution in [3.8, 4) is 11.1 Å². The maximum absolute atomic E-state index is 11.5. The highest BCUT2D eigenvalue weighted by Crippen LogP contribution is 2.18. The zero-order valence-corrected chi connectivity index (χ0v) is 10.5. The van der Waals surface area contributed by atoms with Gasteiger partial charge in [0.25, 0.3) is 0 Å². The van der Waals surface area contributed by atoms with Crippen LogP contribution in [0.3, 0.4) is 0 Å². The van der Waals surface area contributed by atoms with E-state index in [9.17, 15) is 9.59 Å². The Morgan fingerprint density at radius 2 is 1.79 bits per heavy atom. The van der Waals surface area contributed by atoms with Crippen LogP contribution in [-0.2, 0) is 11.3 Å². The smallest absolute Gasteiger partial charge is 0.370 e. The molecule has 0 bridgehead atoms. The molecule has 1 heterocycles. The van der Waals surface area contributed by atoms with Crippen molar-refractivity contribution in [1.82, 2.24) is 0 Å². The van der Waals surface area contributed by atoms with Crippen LogP contribution in [0.25, 0.3) is 11.1 Å². The molecule has 1 aromatic carbocycles. The van der Waals surface area contributed by atoms with Crippen molar-refractivity contribution < 1.29 is 19.3 Å². The standard InChI is InChI=1S/C15H13NO3/c1-11(17)13-7-14(12-5-3-2-4-6-12)9-16(8-13)10-15(18)19/h2-9H,10H2,1H3/p+1. The SMILES string of the molecule is CC(=O)c1cc(-c2ccccc2)c[n+](CC(=O)O)c1. The number of aliphatic carboxylic acids is 1. The van der Waals surface area contributed by atoms with E-state index in [1.807, 2.05) is 30.3 Å². The van der Waals surface area contributed by atoms with Crippen molar-refractivity contribution in [2.45, 2.75) is 13.5 Å². The van der Waals surface area contributed by atoms with E-state index in [0.29, 0.717) is 5.56 Å². The summed E-state index contributed by atoms with van der Waals surface area (Å²) in [6.07, 6.45) is 3.29. The van der Waals surface area contributed by atoms with Gasteiger partial charge in [-0.1, -0.05) is 30.3 Å². The van der Waals surface area contributed by atoms with E-state index in [4.69, 9.17) is 5.11 Å². The zero-order valence-electron chi connectivity index (χ0n) is 10.5.